The minimum absolute atomic E-state index is 0.375. The van der Waals surface area contributed by atoms with Gasteiger partial charge in [0.15, 0.2) is 0 Å². The number of aromatic nitrogens is 2. The molecule has 0 bridgehead atoms. The zero-order chi connectivity index (χ0) is 19.8. The summed E-state index contributed by atoms with van der Waals surface area (Å²) in [6.07, 6.45) is 5.21. The lowest BCUT2D eigenvalue weighted by molar-refractivity contribution is -0.122. The van der Waals surface area contributed by atoms with E-state index in [0.29, 0.717) is 25.6 Å². The van der Waals surface area contributed by atoms with Crippen molar-refractivity contribution in [2.45, 2.75) is 78.4 Å². The maximum atomic E-state index is 13.0. The highest BCUT2D eigenvalue weighted by Gasteiger charge is 2.34. The Hall–Kier alpha value is -1.89. The Morgan fingerprint density at radius 1 is 1.26 bits per heavy atom. The molecule has 27 heavy (non-hydrogen) atoms. The number of amides is 2. The molecule has 0 unspecified atom stereocenters. The Morgan fingerprint density at radius 2 is 1.93 bits per heavy atom. The van der Waals surface area contributed by atoms with E-state index in [-0.39, 0.29) is 6.03 Å². The molecule has 7 heteroatoms. The molecule has 1 saturated carbocycles. The molecule has 1 atom stereocenters. The lowest BCUT2D eigenvalue weighted by Gasteiger charge is -2.28. The van der Waals surface area contributed by atoms with Crippen molar-refractivity contribution in [3.63, 3.8) is 0 Å². The van der Waals surface area contributed by atoms with Crippen LogP contribution in [0.1, 0.15) is 76.2 Å². The Balaban J connectivity index is 1.89. The summed E-state index contributed by atoms with van der Waals surface area (Å²) in [5.74, 6) is 0.587. The Bertz CT molecular complexity index is 712. The summed E-state index contributed by atoms with van der Waals surface area (Å²) in [6.45, 7) is 9.00. The lowest BCUT2D eigenvalue weighted by Crippen LogP contribution is -2.53. The van der Waals surface area contributed by atoms with E-state index in [9.17, 15) is 9.59 Å². The average Bonchev–Trinajstić information content (AvgIpc) is 2.99. The highest BCUT2D eigenvalue weighted by atomic mass is 16.5. The first-order valence-electron chi connectivity index (χ1n) is 9.97. The van der Waals surface area contributed by atoms with Crippen molar-refractivity contribution in [3.8, 4) is 0 Å². The van der Waals surface area contributed by atoms with Gasteiger partial charge >= 0.3 is 6.03 Å². The number of fused-ring (bicyclic) bond motifs is 1. The van der Waals surface area contributed by atoms with Crippen LogP contribution in [-0.2, 0) is 22.6 Å². The summed E-state index contributed by atoms with van der Waals surface area (Å²) < 4.78 is 7.11. The fourth-order valence-electron chi connectivity index (χ4n) is 4.19. The van der Waals surface area contributed by atoms with Crippen LogP contribution >= 0.6 is 0 Å². The Morgan fingerprint density at radius 3 is 2.52 bits per heavy atom. The van der Waals surface area contributed by atoms with Crippen molar-refractivity contribution in [1.29, 1.82) is 0 Å². The zero-order valence-corrected chi connectivity index (χ0v) is 16.9. The maximum absolute atomic E-state index is 13.0. The number of ether oxygens (including phenoxy) is 1. The molecular formula is C20H32N4O3. The molecule has 1 aromatic heterocycles. The van der Waals surface area contributed by atoms with Gasteiger partial charge in [-0.1, -0.05) is 40.5 Å². The smallest absolute Gasteiger partial charge is 0.342 e. The van der Waals surface area contributed by atoms with Crippen LogP contribution in [0.25, 0.3) is 0 Å². The van der Waals surface area contributed by atoms with Crippen molar-refractivity contribution < 1.29 is 14.3 Å². The molecule has 1 aromatic rings. The number of carbonyl (C=O) groups is 2. The average molecular weight is 377 g/mol. The van der Waals surface area contributed by atoms with Gasteiger partial charge in [-0.15, -0.1) is 0 Å². The standard InChI is InChI=1S/C20H32N4O3/c1-12-5-7-13(8-6-12)16-14-11-27-10-9-15(14)24(23-16)19(26)22-17(18(21)25)20(2,3)4/h12-13,17H,5-11H2,1-4H3,(H2,21,25)(H,22,26)/t12?,13?,17-/m1/s1. The second kappa shape index (κ2) is 7.62. The van der Waals surface area contributed by atoms with Crippen molar-refractivity contribution in [2.75, 3.05) is 6.61 Å². The minimum atomic E-state index is -0.760. The molecule has 2 heterocycles. The molecule has 0 radical (unpaired) electrons. The van der Waals surface area contributed by atoms with Gasteiger partial charge in [-0.2, -0.15) is 9.78 Å². The van der Waals surface area contributed by atoms with Crippen LogP contribution in [0.2, 0.25) is 0 Å². The van der Waals surface area contributed by atoms with Crippen molar-refractivity contribution >= 4 is 11.9 Å². The van der Waals surface area contributed by atoms with Gasteiger partial charge in [-0.05, 0) is 24.2 Å². The van der Waals surface area contributed by atoms with Gasteiger partial charge in [-0.25, -0.2) is 4.79 Å². The molecule has 0 aromatic carbocycles. The van der Waals surface area contributed by atoms with E-state index in [1.165, 1.54) is 17.5 Å². The Labute approximate surface area is 161 Å². The molecule has 7 nitrogen and oxygen atoms in total. The first-order chi connectivity index (χ1) is 12.7. The number of hydrogen-bond donors (Lipinski definition) is 2. The fourth-order valence-corrected chi connectivity index (χ4v) is 4.19. The van der Waals surface area contributed by atoms with Crippen molar-refractivity contribution in [3.05, 3.63) is 17.0 Å². The van der Waals surface area contributed by atoms with Gasteiger partial charge in [0.05, 0.1) is 24.6 Å². The highest BCUT2D eigenvalue weighted by molar-refractivity contribution is 5.87. The SMILES string of the molecule is CC1CCC(c2nn(C(=O)N[C@H](C(N)=O)C(C)(C)C)c3c2COCC3)CC1. The predicted octanol–water partition coefficient (Wildman–Crippen LogP) is 2.71. The van der Waals surface area contributed by atoms with E-state index in [0.717, 1.165) is 35.7 Å². The van der Waals surface area contributed by atoms with Gasteiger partial charge in [0, 0.05) is 17.9 Å². The third-order valence-corrected chi connectivity index (χ3v) is 5.86. The molecule has 3 N–H and O–H groups in total. The Kier molecular flexibility index (Phi) is 5.60. The first-order valence-corrected chi connectivity index (χ1v) is 9.97. The second-order valence-electron chi connectivity index (χ2n) is 9.13. The highest BCUT2D eigenvalue weighted by Crippen LogP contribution is 2.38. The number of nitrogens with zero attached hydrogens (tertiary/aromatic N) is 2. The van der Waals surface area contributed by atoms with Gasteiger partial charge in [0.1, 0.15) is 6.04 Å². The van der Waals surface area contributed by atoms with E-state index in [4.69, 9.17) is 15.6 Å². The quantitative estimate of drug-likeness (QED) is 0.847. The third kappa shape index (κ3) is 4.18. The summed E-state index contributed by atoms with van der Waals surface area (Å²) in [6, 6.07) is -1.15. The van der Waals surface area contributed by atoms with Gasteiger partial charge in [-0.3, -0.25) is 4.79 Å². The summed E-state index contributed by atoms with van der Waals surface area (Å²) in [7, 11) is 0. The predicted molar refractivity (Wildman–Crippen MR) is 102 cm³/mol. The number of rotatable bonds is 3. The lowest BCUT2D eigenvalue weighted by atomic mass is 9.80. The number of hydrogen-bond acceptors (Lipinski definition) is 4. The van der Waals surface area contributed by atoms with Gasteiger partial charge in [0.2, 0.25) is 5.91 Å². The monoisotopic (exact) mass is 376 g/mol. The van der Waals surface area contributed by atoms with Crippen LogP contribution in [0.4, 0.5) is 4.79 Å². The summed E-state index contributed by atoms with van der Waals surface area (Å²) in [5.41, 5.74) is 8.01. The van der Waals surface area contributed by atoms with Crippen LogP contribution in [0, 0.1) is 11.3 Å². The molecule has 2 aliphatic rings. The number of nitrogens with one attached hydrogen (secondary N) is 1. The molecule has 1 aliphatic carbocycles. The second-order valence-corrected chi connectivity index (χ2v) is 9.13. The molecule has 1 fully saturated rings. The number of nitrogens with two attached hydrogens (primary N) is 1. The van der Waals surface area contributed by atoms with Crippen LogP contribution < -0.4 is 11.1 Å². The van der Waals surface area contributed by atoms with Crippen LogP contribution in [0.15, 0.2) is 0 Å². The molecule has 0 saturated heterocycles. The summed E-state index contributed by atoms with van der Waals surface area (Å²) >= 11 is 0. The molecule has 2 amide bonds. The molecule has 150 valence electrons. The minimum Gasteiger partial charge on any atom is -0.376 e. The number of primary amides is 1. The molecule has 1 aliphatic heterocycles. The first kappa shape index (κ1) is 19.9. The summed E-state index contributed by atoms with van der Waals surface area (Å²) in [4.78, 5) is 24.8. The van der Waals surface area contributed by atoms with Crippen molar-refractivity contribution in [2.24, 2.45) is 17.1 Å². The number of carbonyl (C=O) groups excluding carboxylic acids is 2. The molecular weight excluding hydrogens is 344 g/mol. The van der Waals surface area contributed by atoms with E-state index in [1.807, 2.05) is 20.8 Å². The van der Waals surface area contributed by atoms with Gasteiger partial charge < -0.3 is 15.8 Å². The zero-order valence-electron chi connectivity index (χ0n) is 16.9. The largest absolute Gasteiger partial charge is 0.376 e. The van der Waals surface area contributed by atoms with Crippen LogP contribution in [-0.4, -0.2) is 34.4 Å². The summed E-state index contributed by atoms with van der Waals surface area (Å²) in [5, 5.41) is 7.50. The van der Waals surface area contributed by atoms with Gasteiger partial charge in [0.25, 0.3) is 0 Å². The van der Waals surface area contributed by atoms with E-state index < -0.39 is 17.4 Å². The van der Waals surface area contributed by atoms with E-state index in [2.05, 4.69) is 12.2 Å². The third-order valence-electron chi connectivity index (χ3n) is 5.86. The fraction of sp³-hybridized carbons (Fsp3) is 0.750. The topological polar surface area (TPSA) is 99.2 Å². The normalized spacial score (nSPS) is 24.1. The van der Waals surface area contributed by atoms with Crippen LogP contribution in [0.5, 0.6) is 0 Å². The maximum Gasteiger partial charge on any atom is 0.342 e. The van der Waals surface area contributed by atoms with E-state index >= 15 is 0 Å². The van der Waals surface area contributed by atoms with Crippen molar-refractivity contribution in [1.82, 2.24) is 15.1 Å². The van der Waals surface area contributed by atoms with E-state index in [1.54, 1.807) is 0 Å². The molecule has 0 spiro atoms. The molecule has 3 rings (SSSR count). The van der Waals surface area contributed by atoms with Crippen LogP contribution in [0.3, 0.4) is 0 Å².